The minimum Gasteiger partial charge on any atom is -0.373 e. The Labute approximate surface area is 104 Å². The molecule has 2 unspecified atom stereocenters. The van der Waals surface area contributed by atoms with Crippen molar-refractivity contribution in [2.24, 2.45) is 11.8 Å². The Bertz CT molecular complexity index is 422. The normalized spacial score (nSPS) is 15.6. The predicted octanol–water partition coefficient (Wildman–Crippen LogP) is 3.36. The van der Waals surface area contributed by atoms with Crippen LogP contribution >= 0.6 is 0 Å². The van der Waals surface area contributed by atoms with E-state index in [1.165, 1.54) is 0 Å². The molecule has 0 heterocycles. The maximum atomic E-state index is 10.9. The molecule has 0 saturated carbocycles. The predicted molar refractivity (Wildman–Crippen MR) is 72.3 cm³/mol. The first kappa shape index (κ1) is 13.5. The molecule has 0 aliphatic rings. The van der Waals surface area contributed by atoms with E-state index in [1.807, 2.05) is 30.3 Å². The van der Waals surface area contributed by atoms with Crippen molar-refractivity contribution >= 4 is 0 Å². The third-order valence-corrected chi connectivity index (χ3v) is 2.98. The van der Waals surface area contributed by atoms with E-state index in [1.54, 1.807) is 13.0 Å². The molecule has 0 spiro atoms. The molecule has 2 atom stereocenters. The molecule has 0 saturated heterocycles. The highest BCUT2D eigenvalue weighted by Gasteiger charge is 2.36. The van der Waals surface area contributed by atoms with Crippen LogP contribution in [0, 0.1) is 23.7 Å². The lowest BCUT2D eigenvalue weighted by atomic mass is 9.76. The second-order valence-electron chi connectivity index (χ2n) is 4.51. The van der Waals surface area contributed by atoms with Crippen molar-refractivity contribution in [2.45, 2.75) is 26.4 Å². The molecule has 0 fully saturated rings. The Morgan fingerprint density at radius 3 is 2.29 bits per heavy atom. The van der Waals surface area contributed by atoms with Crippen molar-refractivity contribution in [3.8, 4) is 11.8 Å². The van der Waals surface area contributed by atoms with E-state index >= 15 is 0 Å². The maximum absolute atomic E-state index is 10.9. The third-order valence-electron chi connectivity index (χ3n) is 2.98. The van der Waals surface area contributed by atoms with Gasteiger partial charge >= 0.3 is 0 Å². The van der Waals surface area contributed by atoms with E-state index in [-0.39, 0.29) is 11.8 Å². The minimum absolute atomic E-state index is 0.0858. The van der Waals surface area contributed by atoms with Gasteiger partial charge in [-0.15, -0.1) is 12.5 Å². The second kappa shape index (κ2) is 5.70. The lowest BCUT2D eigenvalue weighted by molar-refractivity contribution is 0.0354. The Kier molecular flexibility index (Phi) is 4.54. The number of aliphatic hydroxyl groups is 1. The summed E-state index contributed by atoms with van der Waals surface area (Å²) >= 11 is 0. The van der Waals surface area contributed by atoms with E-state index in [0.29, 0.717) is 0 Å². The number of hydrogen-bond acceptors (Lipinski definition) is 1. The van der Waals surface area contributed by atoms with Crippen LogP contribution in [-0.4, -0.2) is 5.11 Å². The standard InChI is InChI=1S/C16H20O/c1-5-12-16(17,15(6-2)13(3)4)14-10-8-7-9-11-14/h6-11,13,15,17H,2H2,1,3-4H3. The smallest absolute Gasteiger partial charge is 0.157 e. The molecule has 17 heavy (non-hydrogen) atoms. The molecule has 0 aliphatic carbocycles. The fraction of sp³-hybridized carbons (Fsp3) is 0.375. The zero-order valence-electron chi connectivity index (χ0n) is 10.8. The molecule has 1 rings (SSSR count). The third kappa shape index (κ3) is 2.78. The molecule has 90 valence electrons. The average Bonchev–Trinajstić information content (AvgIpc) is 2.31. The lowest BCUT2D eigenvalue weighted by Gasteiger charge is -2.33. The summed E-state index contributed by atoms with van der Waals surface area (Å²) in [5.41, 5.74) is -0.320. The van der Waals surface area contributed by atoms with Gasteiger partial charge in [0.05, 0.1) is 0 Å². The first-order valence-corrected chi connectivity index (χ1v) is 5.90. The number of rotatable bonds is 4. The SMILES string of the molecule is C=CC(C(C)C)C(O)(C#CC)c1ccccc1. The molecule has 1 N–H and O–H groups in total. The van der Waals surface area contributed by atoms with Gasteiger partial charge in [0.25, 0.3) is 0 Å². The van der Waals surface area contributed by atoms with Gasteiger partial charge in [0.2, 0.25) is 0 Å². The molecule has 0 amide bonds. The fourth-order valence-electron chi connectivity index (χ4n) is 2.16. The summed E-state index contributed by atoms with van der Waals surface area (Å²) in [4.78, 5) is 0. The summed E-state index contributed by atoms with van der Waals surface area (Å²) in [7, 11) is 0. The average molecular weight is 228 g/mol. The molecule has 1 nitrogen and oxygen atoms in total. The fourth-order valence-corrected chi connectivity index (χ4v) is 2.16. The maximum Gasteiger partial charge on any atom is 0.157 e. The van der Waals surface area contributed by atoms with E-state index in [0.717, 1.165) is 5.56 Å². The first-order chi connectivity index (χ1) is 8.06. The van der Waals surface area contributed by atoms with Gasteiger partial charge in [-0.05, 0) is 18.4 Å². The van der Waals surface area contributed by atoms with Gasteiger partial charge in [-0.25, -0.2) is 0 Å². The van der Waals surface area contributed by atoms with Crippen molar-refractivity contribution in [1.82, 2.24) is 0 Å². The van der Waals surface area contributed by atoms with Crippen LogP contribution in [0.2, 0.25) is 0 Å². The van der Waals surface area contributed by atoms with E-state index < -0.39 is 5.60 Å². The summed E-state index contributed by atoms with van der Waals surface area (Å²) in [6.45, 7) is 9.71. The summed E-state index contributed by atoms with van der Waals surface area (Å²) in [5.74, 6) is 5.96. The summed E-state index contributed by atoms with van der Waals surface area (Å²) in [5, 5.41) is 10.9. The van der Waals surface area contributed by atoms with Gasteiger partial charge in [-0.2, -0.15) is 0 Å². The second-order valence-corrected chi connectivity index (χ2v) is 4.51. The van der Waals surface area contributed by atoms with Crippen LogP contribution in [-0.2, 0) is 5.60 Å². The Morgan fingerprint density at radius 1 is 1.29 bits per heavy atom. The zero-order valence-corrected chi connectivity index (χ0v) is 10.8. The van der Waals surface area contributed by atoms with Crippen molar-refractivity contribution in [3.05, 3.63) is 48.6 Å². The van der Waals surface area contributed by atoms with Gasteiger partial charge in [0.1, 0.15) is 0 Å². The van der Waals surface area contributed by atoms with Crippen LogP contribution in [0.15, 0.2) is 43.0 Å². The minimum atomic E-state index is -1.15. The largest absolute Gasteiger partial charge is 0.373 e. The lowest BCUT2D eigenvalue weighted by Crippen LogP contribution is -2.35. The van der Waals surface area contributed by atoms with Crippen molar-refractivity contribution in [3.63, 3.8) is 0 Å². The summed E-state index contributed by atoms with van der Waals surface area (Å²) < 4.78 is 0. The highest BCUT2D eigenvalue weighted by atomic mass is 16.3. The van der Waals surface area contributed by atoms with E-state index in [2.05, 4.69) is 32.3 Å². The molecular formula is C16H20O. The van der Waals surface area contributed by atoms with E-state index in [4.69, 9.17) is 0 Å². The number of benzene rings is 1. The Balaban J connectivity index is 3.30. The molecule has 0 radical (unpaired) electrons. The van der Waals surface area contributed by atoms with Crippen molar-refractivity contribution in [1.29, 1.82) is 0 Å². The molecular weight excluding hydrogens is 208 g/mol. The van der Waals surface area contributed by atoms with Gasteiger partial charge in [-0.3, -0.25) is 0 Å². The summed E-state index contributed by atoms with van der Waals surface area (Å²) in [6, 6.07) is 9.57. The molecule has 1 heteroatoms. The van der Waals surface area contributed by atoms with Crippen molar-refractivity contribution < 1.29 is 5.11 Å². The van der Waals surface area contributed by atoms with Crippen LogP contribution in [0.1, 0.15) is 26.3 Å². The molecule has 1 aromatic rings. The van der Waals surface area contributed by atoms with Crippen LogP contribution < -0.4 is 0 Å². The first-order valence-electron chi connectivity index (χ1n) is 5.90. The van der Waals surface area contributed by atoms with Gasteiger partial charge in [0.15, 0.2) is 5.60 Å². The Hall–Kier alpha value is -1.52. The van der Waals surface area contributed by atoms with Crippen LogP contribution in [0.5, 0.6) is 0 Å². The van der Waals surface area contributed by atoms with Crippen molar-refractivity contribution in [2.75, 3.05) is 0 Å². The quantitative estimate of drug-likeness (QED) is 0.619. The van der Waals surface area contributed by atoms with Crippen LogP contribution in [0.25, 0.3) is 0 Å². The molecule has 0 aliphatic heterocycles. The number of hydrogen-bond donors (Lipinski definition) is 1. The van der Waals surface area contributed by atoms with Crippen LogP contribution in [0.4, 0.5) is 0 Å². The Morgan fingerprint density at radius 2 is 1.88 bits per heavy atom. The highest BCUT2D eigenvalue weighted by Crippen LogP contribution is 2.34. The molecule has 0 aromatic heterocycles. The van der Waals surface area contributed by atoms with Gasteiger partial charge < -0.3 is 5.11 Å². The molecule has 1 aromatic carbocycles. The topological polar surface area (TPSA) is 20.2 Å². The van der Waals surface area contributed by atoms with Gasteiger partial charge in [0, 0.05) is 5.92 Å². The van der Waals surface area contributed by atoms with Crippen LogP contribution in [0.3, 0.4) is 0 Å². The zero-order chi connectivity index (χ0) is 12.9. The monoisotopic (exact) mass is 228 g/mol. The highest BCUT2D eigenvalue weighted by molar-refractivity contribution is 5.34. The van der Waals surface area contributed by atoms with Gasteiger partial charge in [-0.1, -0.05) is 56.2 Å². The molecule has 0 bridgehead atoms. The summed E-state index contributed by atoms with van der Waals surface area (Å²) in [6.07, 6.45) is 1.79. The van der Waals surface area contributed by atoms with E-state index in [9.17, 15) is 5.11 Å².